The van der Waals surface area contributed by atoms with E-state index in [2.05, 4.69) is 0 Å². The van der Waals surface area contributed by atoms with Gasteiger partial charge in [-0.2, -0.15) is 0 Å². The minimum absolute atomic E-state index is 0.0384. The van der Waals surface area contributed by atoms with Gasteiger partial charge in [-0.05, 0) is 31.0 Å². The van der Waals surface area contributed by atoms with Gasteiger partial charge in [0.15, 0.2) is 5.78 Å². The normalized spacial score (nSPS) is 16.4. The predicted molar refractivity (Wildman–Crippen MR) is 72.4 cm³/mol. The van der Waals surface area contributed by atoms with Crippen molar-refractivity contribution in [1.82, 2.24) is 4.90 Å². The second-order valence-electron chi connectivity index (χ2n) is 4.81. The van der Waals surface area contributed by atoms with Crippen molar-refractivity contribution in [1.29, 1.82) is 0 Å². The highest BCUT2D eigenvalue weighted by molar-refractivity contribution is 6.31. The van der Waals surface area contributed by atoms with Crippen LogP contribution in [0.25, 0.3) is 0 Å². The standard InChI is InChI=1S/C14H16ClNO3/c1-9(17)16-6-4-10(5-7-16)14(19)12-8-11(15)2-3-13(12)18/h2-3,8,10,18H,4-7H2,1H3. The number of carbonyl (C=O) groups excluding carboxylic acids is 2. The average molecular weight is 282 g/mol. The van der Waals surface area contributed by atoms with Gasteiger partial charge in [-0.3, -0.25) is 9.59 Å². The van der Waals surface area contributed by atoms with E-state index in [0.717, 1.165) is 0 Å². The molecule has 1 fully saturated rings. The Kier molecular flexibility index (Phi) is 4.10. The molecule has 0 aliphatic carbocycles. The summed E-state index contributed by atoms with van der Waals surface area (Å²) in [5, 5.41) is 10.2. The van der Waals surface area contributed by atoms with Gasteiger partial charge in [0.25, 0.3) is 0 Å². The first kappa shape index (κ1) is 13.9. The lowest BCUT2D eigenvalue weighted by Crippen LogP contribution is -2.39. The SMILES string of the molecule is CC(=O)N1CCC(C(=O)c2cc(Cl)ccc2O)CC1. The van der Waals surface area contributed by atoms with Crippen molar-refractivity contribution in [2.45, 2.75) is 19.8 Å². The summed E-state index contributed by atoms with van der Waals surface area (Å²) in [7, 11) is 0. The predicted octanol–water partition coefficient (Wildman–Crippen LogP) is 2.49. The maximum atomic E-state index is 12.3. The Balaban J connectivity index is 2.09. The molecule has 0 unspecified atom stereocenters. The molecule has 1 N–H and O–H groups in total. The van der Waals surface area contributed by atoms with Gasteiger partial charge >= 0.3 is 0 Å². The summed E-state index contributed by atoms with van der Waals surface area (Å²) in [5.74, 6) is -0.247. The number of Topliss-reactive ketones (excluding diaryl/α,β-unsaturated/α-hetero) is 1. The lowest BCUT2D eigenvalue weighted by atomic mass is 9.88. The van der Waals surface area contributed by atoms with Crippen molar-refractivity contribution < 1.29 is 14.7 Å². The van der Waals surface area contributed by atoms with E-state index >= 15 is 0 Å². The van der Waals surface area contributed by atoms with Crippen molar-refractivity contribution in [3.05, 3.63) is 28.8 Å². The van der Waals surface area contributed by atoms with Gasteiger partial charge in [0.05, 0.1) is 5.56 Å². The van der Waals surface area contributed by atoms with Crippen LogP contribution in [0.5, 0.6) is 5.75 Å². The number of halogens is 1. The number of ketones is 1. The number of piperidine rings is 1. The van der Waals surface area contributed by atoms with Crippen LogP contribution in [0.4, 0.5) is 0 Å². The van der Waals surface area contributed by atoms with E-state index in [1.54, 1.807) is 11.0 Å². The summed E-state index contributed by atoms with van der Waals surface area (Å²) in [6, 6.07) is 4.48. The lowest BCUT2D eigenvalue weighted by Gasteiger charge is -2.30. The molecule has 4 nitrogen and oxygen atoms in total. The lowest BCUT2D eigenvalue weighted by molar-refractivity contribution is -0.130. The molecule has 1 aliphatic heterocycles. The molecule has 1 aliphatic rings. The quantitative estimate of drug-likeness (QED) is 0.847. The highest BCUT2D eigenvalue weighted by atomic mass is 35.5. The third kappa shape index (κ3) is 3.07. The van der Waals surface area contributed by atoms with E-state index in [4.69, 9.17) is 11.6 Å². The molecular weight excluding hydrogens is 266 g/mol. The molecule has 1 aromatic rings. The van der Waals surface area contributed by atoms with E-state index in [1.165, 1.54) is 19.1 Å². The minimum atomic E-state index is -0.153. The van der Waals surface area contributed by atoms with Crippen LogP contribution in [0, 0.1) is 5.92 Å². The smallest absolute Gasteiger partial charge is 0.219 e. The topological polar surface area (TPSA) is 57.6 Å². The van der Waals surface area contributed by atoms with Gasteiger partial charge in [-0.1, -0.05) is 11.6 Å². The monoisotopic (exact) mass is 281 g/mol. The zero-order chi connectivity index (χ0) is 14.0. The van der Waals surface area contributed by atoms with Crippen molar-refractivity contribution in [2.24, 2.45) is 5.92 Å². The number of rotatable bonds is 2. The highest BCUT2D eigenvalue weighted by Gasteiger charge is 2.28. The van der Waals surface area contributed by atoms with Crippen LogP contribution in [0.2, 0.25) is 5.02 Å². The van der Waals surface area contributed by atoms with Gasteiger partial charge in [-0.25, -0.2) is 0 Å². The number of carbonyl (C=O) groups is 2. The summed E-state index contributed by atoms with van der Waals surface area (Å²) < 4.78 is 0. The number of benzene rings is 1. The molecular formula is C14H16ClNO3. The highest BCUT2D eigenvalue weighted by Crippen LogP contribution is 2.28. The summed E-state index contributed by atoms with van der Waals surface area (Å²) in [6.07, 6.45) is 1.26. The number of nitrogens with zero attached hydrogens (tertiary/aromatic N) is 1. The molecule has 0 saturated carbocycles. The molecule has 102 valence electrons. The van der Waals surface area contributed by atoms with Gasteiger partial charge in [0, 0.05) is 31.0 Å². The van der Waals surface area contributed by atoms with E-state index in [-0.39, 0.29) is 28.9 Å². The Morgan fingerprint density at radius 2 is 1.95 bits per heavy atom. The van der Waals surface area contributed by atoms with E-state index in [1.807, 2.05) is 0 Å². The fraction of sp³-hybridized carbons (Fsp3) is 0.429. The molecule has 1 saturated heterocycles. The van der Waals surface area contributed by atoms with E-state index in [9.17, 15) is 14.7 Å². The maximum absolute atomic E-state index is 12.3. The van der Waals surface area contributed by atoms with Crippen LogP contribution >= 0.6 is 11.6 Å². The van der Waals surface area contributed by atoms with Crippen LogP contribution in [0.3, 0.4) is 0 Å². The summed E-state index contributed by atoms with van der Waals surface area (Å²) in [5.41, 5.74) is 0.272. The summed E-state index contributed by atoms with van der Waals surface area (Å²) >= 11 is 5.85. The zero-order valence-electron chi connectivity index (χ0n) is 10.7. The molecule has 0 spiro atoms. The molecule has 1 amide bonds. The number of hydrogen-bond acceptors (Lipinski definition) is 3. The van der Waals surface area contributed by atoms with Crippen molar-refractivity contribution in [2.75, 3.05) is 13.1 Å². The number of hydrogen-bond donors (Lipinski definition) is 1. The third-order valence-electron chi connectivity index (χ3n) is 3.54. The Hall–Kier alpha value is -1.55. The molecule has 0 bridgehead atoms. The number of phenols is 1. The number of likely N-dealkylation sites (tertiary alicyclic amines) is 1. The molecule has 0 atom stereocenters. The molecule has 0 radical (unpaired) electrons. The number of aromatic hydroxyl groups is 1. The molecule has 19 heavy (non-hydrogen) atoms. The maximum Gasteiger partial charge on any atom is 0.219 e. The molecule has 0 aromatic heterocycles. The first-order valence-electron chi connectivity index (χ1n) is 6.27. The Morgan fingerprint density at radius 3 is 2.53 bits per heavy atom. The zero-order valence-corrected chi connectivity index (χ0v) is 11.5. The largest absolute Gasteiger partial charge is 0.507 e. The molecule has 5 heteroatoms. The van der Waals surface area contributed by atoms with E-state index in [0.29, 0.717) is 31.0 Å². The van der Waals surface area contributed by atoms with Gasteiger partial charge in [-0.15, -0.1) is 0 Å². The van der Waals surface area contributed by atoms with Gasteiger partial charge in [0.1, 0.15) is 5.75 Å². The second kappa shape index (κ2) is 5.61. The second-order valence-corrected chi connectivity index (χ2v) is 5.24. The first-order chi connectivity index (χ1) is 8.99. The van der Waals surface area contributed by atoms with E-state index < -0.39 is 0 Å². The Labute approximate surface area is 117 Å². The number of phenolic OH excluding ortho intramolecular Hbond substituents is 1. The van der Waals surface area contributed by atoms with Crippen molar-refractivity contribution in [3.63, 3.8) is 0 Å². The van der Waals surface area contributed by atoms with Crippen LogP contribution in [-0.2, 0) is 4.79 Å². The first-order valence-corrected chi connectivity index (χ1v) is 6.65. The third-order valence-corrected chi connectivity index (χ3v) is 3.77. The van der Waals surface area contributed by atoms with Crippen LogP contribution in [0.1, 0.15) is 30.1 Å². The molecule has 1 heterocycles. The minimum Gasteiger partial charge on any atom is -0.507 e. The fourth-order valence-corrected chi connectivity index (χ4v) is 2.55. The Morgan fingerprint density at radius 1 is 1.32 bits per heavy atom. The van der Waals surface area contributed by atoms with Gasteiger partial charge < -0.3 is 10.0 Å². The van der Waals surface area contributed by atoms with Crippen LogP contribution in [-0.4, -0.2) is 34.8 Å². The summed E-state index contributed by atoms with van der Waals surface area (Å²) in [6.45, 7) is 2.71. The Bertz CT molecular complexity index is 507. The van der Waals surface area contributed by atoms with Crippen LogP contribution in [0.15, 0.2) is 18.2 Å². The molecule has 1 aromatic carbocycles. The van der Waals surface area contributed by atoms with Crippen molar-refractivity contribution >= 4 is 23.3 Å². The average Bonchev–Trinajstić information content (AvgIpc) is 2.41. The van der Waals surface area contributed by atoms with Crippen LogP contribution < -0.4 is 0 Å². The summed E-state index contributed by atoms with van der Waals surface area (Å²) in [4.78, 5) is 25.3. The van der Waals surface area contributed by atoms with Crippen molar-refractivity contribution in [3.8, 4) is 5.75 Å². The number of amides is 1. The fourth-order valence-electron chi connectivity index (χ4n) is 2.38. The van der Waals surface area contributed by atoms with Gasteiger partial charge in [0.2, 0.25) is 5.91 Å². The molecule has 2 rings (SSSR count).